The van der Waals surface area contributed by atoms with Crippen LogP contribution < -0.4 is 5.73 Å². The van der Waals surface area contributed by atoms with Crippen LogP contribution in [0.25, 0.3) is 0 Å². The van der Waals surface area contributed by atoms with Gasteiger partial charge in [0.1, 0.15) is 5.69 Å². The lowest BCUT2D eigenvalue weighted by Crippen LogP contribution is -2.04. The Morgan fingerprint density at radius 3 is 2.79 bits per heavy atom. The predicted molar refractivity (Wildman–Crippen MR) is 52.2 cm³/mol. The Hall–Kier alpha value is -1.44. The second kappa shape index (κ2) is 3.37. The summed E-state index contributed by atoms with van der Waals surface area (Å²) in [5.74, 6) is 0.237. The fourth-order valence-electron chi connectivity index (χ4n) is 1.05. The second-order valence-corrected chi connectivity index (χ2v) is 3.43. The molecule has 2 heterocycles. The van der Waals surface area contributed by atoms with Crippen LogP contribution in [0.5, 0.6) is 0 Å². The second-order valence-electron chi connectivity index (χ2n) is 2.72. The normalized spacial score (nSPS) is 10.7. The number of nitrogen functional groups attached to an aromatic ring is 1. The number of anilines is 1. The van der Waals surface area contributed by atoms with Crippen LogP contribution in [-0.2, 0) is 13.6 Å². The Labute approximate surface area is 88.0 Å². The molecule has 0 atom stereocenters. The summed E-state index contributed by atoms with van der Waals surface area (Å²) in [6.07, 6.45) is 1.67. The highest BCUT2D eigenvalue weighted by atomic mass is 79.9. The molecular weight excluding hydrogens is 250 g/mol. The van der Waals surface area contributed by atoms with Crippen molar-refractivity contribution in [2.24, 2.45) is 7.05 Å². The zero-order valence-corrected chi connectivity index (χ0v) is 9.01. The fraction of sp³-hybridized carbons (Fsp3) is 0.333. The lowest BCUT2D eigenvalue weighted by Gasteiger charge is -1.96. The lowest BCUT2D eigenvalue weighted by atomic mass is 10.5. The Morgan fingerprint density at radius 2 is 2.29 bits per heavy atom. The number of aromatic nitrogens is 6. The number of nitrogens with two attached hydrogens (primary N) is 1. The van der Waals surface area contributed by atoms with E-state index in [1.165, 1.54) is 4.80 Å². The molecule has 0 bridgehead atoms. The van der Waals surface area contributed by atoms with Crippen molar-refractivity contribution < 1.29 is 0 Å². The Balaban J connectivity index is 2.22. The van der Waals surface area contributed by atoms with Gasteiger partial charge in [0.05, 0.1) is 12.7 Å². The molecule has 74 valence electrons. The third-order valence-electron chi connectivity index (χ3n) is 1.60. The van der Waals surface area contributed by atoms with Gasteiger partial charge in [-0.2, -0.15) is 20.0 Å². The minimum atomic E-state index is 0.237. The van der Waals surface area contributed by atoms with Crippen molar-refractivity contribution >= 4 is 21.9 Å². The number of hydrogen-bond donors (Lipinski definition) is 1. The maximum Gasteiger partial charge on any atom is 0.240 e. The highest BCUT2D eigenvalue weighted by Crippen LogP contribution is 2.09. The van der Waals surface area contributed by atoms with Gasteiger partial charge < -0.3 is 5.73 Å². The molecule has 0 aromatic carbocycles. The summed E-state index contributed by atoms with van der Waals surface area (Å²) >= 11 is 3.24. The molecule has 0 aliphatic carbocycles. The van der Waals surface area contributed by atoms with Crippen molar-refractivity contribution in [2.75, 3.05) is 5.73 Å². The quantitative estimate of drug-likeness (QED) is 0.805. The van der Waals surface area contributed by atoms with Crippen LogP contribution in [0, 0.1) is 0 Å². The largest absolute Gasteiger partial charge is 0.366 e. The first kappa shape index (κ1) is 9.13. The summed E-state index contributed by atoms with van der Waals surface area (Å²) < 4.78 is 2.19. The zero-order chi connectivity index (χ0) is 10.1. The Morgan fingerprint density at radius 1 is 1.50 bits per heavy atom. The van der Waals surface area contributed by atoms with E-state index in [0.717, 1.165) is 5.69 Å². The summed E-state index contributed by atoms with van der Waals surface area (Å²) in [7, 11) is 1.76. The molecule has 0 saturated carbocycles. The smallest absolute Gasteiger partial charge is 0.240 e. The van der Waals surface area contributed by atoms with Gasteiger partial charge in [-0.1, -0.05) is 0 Å². The van der Waals surface area contributed by atoms with E-state index in [1.54, 1.807) is 17.9 Å². The van der Waals surface area contributed by atoms with E-state index in [2.05, 4.69) is 36.2 Å². The van der Waals surface area contributed by atoms with Crippen LogP contribution in [-0.4, -0.2) is 29.8 Å². The van der Waals surface area contributed by atoms with Crippen molar-refractivity contribution in [1.82, 2.24) is 29.8 Å². The van der Waals surface area contributed by atoms with Gasteiger partial charge in [0, 0.05) is 7.05 Å². The molecule has 0 unspecified atom stereocenters. The van der Waals surface area contributed by atoms with Crippen molar-refractivity contribution in [1.29, 1.82) is 0 Å². The lowest BCUT2D eigenvalue weighted by molar-refractivity contribution is 0.614. The van der Waals surface area contributed by atoms with Gasteiger partial charge in [-0.15, -0.1) is 5.10 Å². The standard InChI is InChI=1S/C6H8BrN7/c1-13-9-2-4(11-13)3-14-5(7)10-6(8)12-14/h2H,3H2,1H3,(H2,8,12). The topological polar surface area (TPSA) is 87.4 Å². The van der Waals surface area contributed by atoms with E-state index < -0.39 is 0 Å². The van der Waals surface area contributed by atoms with Crippen LogP contribution in [0.2, 0.25) is 0 Å². The molecule has 0 radical (unpaired) electrons. The van der Waals surface area contributed by atoms with Crippen LogP contribution in [0.3, 0.4) is 0 Å². The molecule has 2 aromatic rings. The first-order valence-corrected chi connectivity index (χ1v) is 4.65. The SMILES string of the molecule is Cn1ncc(Cn2nc(N)nc2Br)n1. The summed E-state index contributed by atoms with van der Waals surface area (Å²) in [6, 6.07) is 0. The van der Waals surface area contributed by atoms with Crippen molar-refractivity contribution in [3.05, 3.63) is 16.6 Å². The van der Waals surface area contributed by atoms with E-state index >= 15 is 0 Å². The maximum absolute atomic E-state index is 5.42. The Kier molecular flexibility index (Phi) is 2.20. The van der Waals surface area contributed by atoms with E-state index in [9.17, 15) is 0 Å². The molecule has 2 N–H and O–H groups in total. The highest BCUT2D eigenvalue weighted by Gasteiger charge is 2.06. The molecule has 0 spiro atoms. The van der Waals surface area contributed by atoms with Crippen molar-refractivity contribution in [2.45, 2.75) is 6.54 Å². The van der Waals surface area contributed by atoms with E-state index in [0.29, 0.717) is 11.3 Å². The summed E-state index contributed by atoms with van der Waals surface area (Å²) in [4.78, 5) is 5.39. The van der Waals surface area contributed by atoms with Gasteiger partial charge in [0.2, 0.25) is 5.95 Å². The third kappa shape index (κ3) is 1.74. The van der Waals surface area contributed by atoms with Gasteiger partial charge >= 0.3 is 0 Å². The van der Waals surface area contributed by atoms with Gasteiger partial charge in [-0.05, 0) is 15.9 Å². The molecule has 2 rings (SSSR count). The fourth-order valence-corrected chi connectivity index (χ4v) is 1.44. The maximum atomic E-state index is 5.42. The number of rotatable bonds is 2. The van der Waals surface area contributed by atoms with Gasteiger partial charge in [-0.3, -0.25) is 0 Å². The summed E-state index contributed by atoms with van der Waals surface area (Å²) in [5, 5.41) is 12.0. The number of aryl methyl sites for hydroxylation is 1. The van der Waals surface area contributed by atoms with Crippen LogP contribution >= 0.6 is 15.9 Å². The van der Waals surface area contributed by atoms with Crippen LogP contribution in [0.1, 0.15) is 5.69 Å². The average Bonchev–Trinajstić information content (AvgIpc) is 2.61. The van der Waals surface area contributed by atoms with Crippen molar-refractivity contribution in [3.63, 3.8) is 0 Å². The highest BCUT2D eigenvalue weighted by molar-refractivity contribution is 9.10. The average molecular weight is 258 g/mol. The van der Waals surface area contributed by atoms with Gasteiger partial charge in [0.25, 0.3) is 0 Å². The first-order chi connectivity index (χ1) is 6.65. The molecule has 0 aliphatic heterocycles. The Bertz CT molecular complexity index is 445. The van der Waals surface area contributed by atoms with Crippen molar-refractivity contribution in [3.8, 4) is 0 Å². The molecule has 7 nitrogen and oxygen atoms in total. The van der Waals surface area contributed by atoms with Gasteiger partial charge in [0.15, 0.2) is 4.73 Å². The van der Waals surface area contributed by atoms with E-state index in [1.807, 2.05) is 0 Å². The third-order valence-corrected chi connectivity index (χ3v) is 2.19. The molecular formula is C6H8BrN7. The molecule has 0 amide bonds. The minimum absolute atomic E-state index is 0.237. The monoisotopic (exact) mass is 257 g/mol. The molecule has 0 fully saturated rings. The van der Waals surface area contributed by atoms with E-state index in [-0.39, 0.29) is 5.95 Å². The molecule has 8 heteroatoms. The van der Waals surface area contributed by atoms with Crippen LogP contribution in [0.4, 0.5) is 5.95 Å². The number of nitrogens with zero attached hydrogens (tertiary/aromatic N) is 6. The molecule has 14 heavy (non-hydrogen) atoms. The summed E-state index contributed by atoms with van der Waals surface area (Å²) in [5.41, 5.74) is 6.23. The van der Waals surface area contributed by atoms with Crippen LogP contribution in [0.15, 0.2) is 10.9 Å². The number of halogens is 1. The summed E-state index contributed by atoms with van der Waals surface area (Å²) in [6.45, 7) is 0.499. The number of hydrogen-bond acceptors (Lipinski definition) is 5. The molecule has 2 aromatic heterocycles. The minimum Gasteiger partial charge on any atom is -0.366 e. The predicted octanol–water partition coefficient (Wildman–Crippen LogP) is -0.200. The van der Waals surface area contributed by atoms with Gasteiger partial charge in [-0.25, -0.2) is 4.68 Å². The molecule has 0 saturated heterocycles. The first-order valence-electron chi connectivity index (χ1n) is 3.86. The molecule has 0 aliphatic rings. The van der Waals surface area contributed by atoms with E-state index in [4.69, 9.17) is 5.73 Å². The zero-order valence-electron chi connectivity index (χ0n) is 7.42.